The monoisotopic (exact) mass is 530 g/mol. The maximum Gasteiger partial charge on any atom is 0.528 e. The van der Waals surface area contributed by atoms with Gasteiger partial charge in [-0.1, -0.05) is 30.3 Å². The number of hydroxylamine groups is 2. The number of carbonyl (C=O) groups is 2. The molecule has 0 unspecified atom stereocenters. The van der Waals surface area contributed by atoms with Gasteiger partial charge in [-0.15, -0.1) is 5.06 Å². The number of methoxy groups -OCH3 is 2. The number of hydrogen-bond donors (Lipinski definition) is 1. The summed E-state index contributed by atoms with van der Waals surface area (Å²) >= 11 is 0. The molecule has 208 valence electrons. The average Bonchev–Trinajstić information content (AvgIpc) is 3.06. The maximum absolute atomic E-state index is 13.5. The van der Waals surface area contributed by atoms with Gasteiger partial charge >= 0.3 is 6.16 Å². The van der Waals surface area contributed by atoms with Crippen LogP contribution in [0.4, 0.5) is 4.79 Å². The van der Waals surface area contributed by atoms with Crippen molar-refractivity contribution in [1.82, 2.24) is 10.4 Å². The lowest BCUT2D eigenvalue weighted by Crippen LogP contribution is -2.50. The Labute approximate surface area is 224 Å². The molecule has 1 N–H and O–H groups in total. The van der Waals surface area contributed by atoms with Gasteiger partial charge in [-0.3, -0.25) is 4.79 Å². The Balaban J connectivity index is 1.80. The standard InChI is InChI=1S/C28H38N2O8/c1-28(2,3)37-27(32)38-30-15-9-12-25(35-18-20-10-7-6-8-11-20)23(17-30)29-26(31)22-16-21(34-5)13-14-24(22)36-19-33-4/h6-8,10-11,13-14,16,23,25H,9,12,15,17-19H2,1-5H3,(H,29,31)/t23-,25-/m1/s1. The SMILES string of the molecule is COCOc1ccc(OC)cc1C(=O)N[C@@H]1CN(OC(=O)OC(C)(C)C)CCC[C@H]1OCc1ccccc1. The molecule has 0 aliphatic carbocycles. The highest BCUT2D eigenvalue weighted by Crippen LogP contribution is 2.26. The number of ether oxygens (including phenoxy) is 5. The summed E-state index contributed by atoms with van der Waals surface area (Å²) in [6, 6.07) is 14.3. The van der Waals surface area contributed by atoms with Gasteiger partial charge in [-0.05, 0) is 57.4 Å². The Morgan fingerprint density at radius 3 is 2.53 bits per heavy atom. The number of amides is 1. The van der Waals surface area contributed by atoms with E-state index < -0.39 is 17.8 Å². The number of hydrogen-bond acceptors (Lipinski definition) is 9. The summed E-state index contributed by atoms with van der Waals surface area (Å²) in [6.07, 6.45) is 0.210. The topological polar surface area (TPSA) is 105 Å². The number of benzene rings is 2. The number of nitrogens with zero attached hydrogens (tertiary/aromatic N) is 1. The normalized spacial score (nSPS) is 18.2. The van der Waals surface area contributed by atoms with Crippen LogP contribution >= 0.6 is 0 Å². The van der Waals surface area contributed by atoms with Gasteiger partial charge < -0.3 is 33.8 Å². The molecule has 0 spiro atoms. The molecule has 2 aromatic rings. The number of rotatable bonds is 10. The van der Waals surface area contributed by atoms with Gasteiger partial charge in [0.15, 0.2) is 6.79 Å². The van der Waals surface area contributed by atoms with Crippen LogP contribution in [0.2, 0.25) is 0 Å². The third-order valence-electron chi connectivity index (χ3n) is 5.73. The fraction of sp³-hybridized carbons (Fsp3) is 0.500. The van der Waals surface area contributed by atoms with Crippen LogP contribution in [-0.4, -0.2) is 69.0 Å². The fourth-order valence-electron chi connectivity index (χ4n) is 3.98. The van der Waals surface area contributed by atoms with E-state index in [9.17, 15) is 9.59 Å². The fourth-order valence-corrected chi connectivity index (χ4v) is 3.98. The summed E-state index contributed by atoms with van der Waals surface area (Å²) in [5, 5.41) is 4.58. The first-order valence-electron chi connectivity index (χ1n) is 12.6. The lowest BCUT2D eigenvalue weighted by atomic mass is 10.1. The van der Waals surface area contributed by atoms with Gasteiger partial charge in [0.05, 0.1) is 38.0 Å². The molecule has 1 heterocycles. The Kier molecular flexibility index (Phi) is 10.8. The van der Waals surface area contributed by atoms with Crippen LogP contribution in [0.15, 0.2) is 48.5 Å². The first-order chi connectivity index (χ1) is 18.2. The third-order valence-corrected chi connectivity index (χ3v) is 5.73. The molecule has 1 amide bonds. The quantitative estimate of drug-likeness (QED) is 0.355. The smallest absolute Gasteiger partial charge is 0.497 e. The highest BCUT2D eigenvalue weighted by molar-refractivity contribution is 5.97. The zero-order valence-corrected chi connectivity index (χ0v) is 22.7. The van der Waals surface area contributed by atoms with E-state index in [-0.39, 0.29) is 30.9 Å². The van der Waals surface area contributed by atoms with Crippen LogP contribution in [0, 0.1) is 0 Å². The van der Waals surface area contributed by atoms with Crippen LogP contribution in [0.5, 0.6) is 11.5 Å². The number of carbonyl (C=O) groups excluding carboxylic acids is 2. The lowest BCUT2D eigenvalue weighted by Gasteiger charge is -2.29. The third kappa shape index (κ3) is 9.20. The molecule has 1 aliphatic rings. The minimum atomic E-state index is -0.797. The lowest BCUT2D eigenvalue weighted by molar-refractivity contribution is -0.145. The van der Waals surface area contributed by atoms with Crippen LogP contribution in [0.25, 0.3) is 0 Å². The molecule has 1 aliphatic heterocycles. The molecule has 10 heteroatoms. The molecular weight excluding hydrogens is 492 g/mol. The predicted octanol–water partition coefficient (Wildman–Crippen LogP) is 4.32. The second-order valence-corrected chi connectivity index (χ2v) is 9.91. The molecule has 10 nitrogen and oxygen atoms in total. The second kappa shape index (κ2) is 14.0. The Hall–Kier alpha value is -3.34. The van der Waals surface area contributed by atoms with Crippen molar-refractivity contribution in [3.8, 4) is 11.5 Å². The van der Waals surface area contributed by atoms with Gasteiger partial charge in [0.2, 0.25) is 0 Å². The minimum Gasteiger partial charge on any atom is -0.497 e. The molecule has 2 atom stereocenters. The average molecular weight is 531 g/mol. The molecule has 3 rings (SSSR count). The molecule has 0 radical (unpaired) electrons. The van der Waals surface area contributed by atoms with Crippen molar-refractivity contribution in [3.05, 3.63) is 59.7 Å². The van der Waals surface area contributed by atoms with Gasteiger partial charge in [0.1, 0.15) is 17.1 Å². The summed E-state index contributed by atoms with van der Waals surface area (Å²) in [7, 11) is 3.03. The summed E-state index contributed by atoms with van der Waals surface area (Å²) < 4.78 is 27.5. The molecule has 1 saturated heterocycles. The van der Waals surface area contributed by atoms with E-state index >= 15 is 0 Å². The van der Waals surface area contributed by atoms with Crippen molar-refractivity contribution in [2.24, 2.45) is 0 Å². The molecule has 1 fully saturated rings. The van der Waals surface area contributed by atoms with Gasteiger partial charge in [-0.2, -0.15) is 0 Å². The zero-order valence-electron chi connectivity index (χ0n) is 22.7. The Morgan fingerprint density at radius 2 is 1.84 bits per heavy atom. The highest BCUT2D eigenvalue weighted by Gasteiger charge is 2.33. The Bertz CT molecular complexity index is 1040. The Morgan fingerprint density at radius 1 is 1.08 bits per heavy atom. The van der Waals surface area contributed by atoms with E-state index in [1.807, 2.05) is 30.3 Å². The van der Waals surface area contributed by atoms with Crippen molar-refractivity contribution < 1.29 is 38.1 Å². The van der Waals surface area contributed by atoms with E-state index in [2.05, 4.69) is 5.32 Å². The van der Waals surface area contributed by atoms with E-state index in [4.69, 9.17) is 28.5 Å². The van der Waals surface area contributed by atoms with Gasteiger partial charge in [-0.25, -0.2) is 4.79 Å². The van der Waals surface area contributed by atoms with E-state index in [1.165, 1.54) is 19.3 Å². The van der Waals surface area contributed by atoms with Gasteiger partial charge in [0, 0.05) is 13.7 Å². The number of nitrogens with one attached hydrogen (secondary N) is 1. The molecule has 0 aromatic heterocycles. The largest absolute Gasteiger partial charge is 0.528 e. The van der Waals surface area contributed by atoms with Crippen LogP contribution in [0.3, 0.4) is 0 Å². The maximum atomic E-state index is 13.5. The molecule has 2 aromatic carbocycles. The second-order valence-electron chi connectivity index (χ2n) is 9.91. The molecule has 38 heavy (non-hydrogen) atoms. The zero-order chi connectivity index (χ0) is 27.5. The molecular formula is C28H38N2O8. The van der Waals surface area contributed by atoms with Crippen molar-refractivity contribution in [2.45, 2.75) is 58.0 Å². The van der Waals surface area contributed by atoms with E-state index in [1.54, 1.807) is 39.0 Å². The molecule has 0 bridgehead atoms. The first-order valence-corrected chi connectivity index (χ1v) is 12.6. The van der Waals surface area contributed by atoms with Crippen molar-refractivity contribution in [1.29, 1.82) is 0 Å². The summed E-state index contributed by atoms with van der Waals surface area (Å²) in [6.45, 7) is 6.35. The van der Waals surface area contributed by atoms with Crippen molar-refractivity contribution in [2.75, 3.05) is 34.1 Å². The van der Waals surface area contributed by atoms with Crippen LogP contribution in [-0.2, 0) is 25.7 Å². The van der Waals surface area contributed by atoms with Crippen molar-refractivity contribution >= 4 is 12.1 Å². The predicted molar refractivity (Wildman–Crippen MR) is 140 cm³/mol. The van der Waals surface area contributed by atoms with Gasteiger partial charge in [0.25, 0.3) is 5.91 Å². The highest BCUT2D eigenvalue weighted by atomic mass is 16.8. The summed E-state index contributed by atoms with van der Waals surface area (Å²) in [5.41, 5.74) is 0.613. The van der Waals surface area contributed by atoms with Crippen molar-refractivity contribution in [3.63, 3.8) is 0 Å². The first kappa shape index (κ1) is 29.2. The minimum absolute atomic E-state index is 0.0175. The van der Waals surface area contributed by atoms with E-state index in [0.29, 0.717) is 37.5 Å². The van der Waals surface area contributed by atoms with Crippen LogP contribution < -0.4 is 14.8 Å². The van der Waals surface area contributed by atoms with E-state index in [0.717, 1.165) is 5.56 Å². The molecule has 0 saturated carbocycles. The summed E-state index contributed by atoms with van der Waals surface area (Å²) in [4.78, 5) is 31.4. The van der Waals surface area contributed by atoms with Crippen LogP contribution in [0.1, 0.15) is 49.5 Å². The summed E-state index contributed by atoms with van der Waals surface area (Å²) in [5.74, 6) is 0.474.